The van der Waals surface area contributed by atoms with Gasteiger partial charge in [-0.25, -0.2) is 0 Å². The van der Waals surface area contributed by atoms with E-state index < -0.39 is 0 Å². The van der Waals surface area contributed by atoms with Gasteiger partial charge < -0.3 is 4.42 Å². The Hall–Kier alpha value is -7.22. The van der Waals surface area contributed by atoms with Crippen LogP contribution >= 0.6 is 0 Å². The van der Waals surface area contributed by atoms with Crippen molar-refractivity contribution in [3.63, 3.8) is 0 Å². The molecule has 0 N–H and O–H groups in total. The van der Waals surface area contributed by atoms with Crippen molar-refractivity contribution in [3.8, 4) is 33.4 Å². The van der Waals surface area contributed by atoms with Gasteiger partial charge in [-0.05, 0) is 136 Å². The summed E-state index contributed by atoms with van der Waals surface area (Å²) in [5.74, 6) is 0. The Morgan fingerprint density at radius 1 is 0.492 bits per heavy atom. The molecule has 0 saturated heterocycles. The molecule has 0 atom stereocenters. The fraction of sp³-hybridized carbons (Fsp3) is 0.100. The summed E-state index contributed by atoms with van der Waals surface area (Å²) in [6.45, 7) is 9.32. The molecule has 12 rings (SSSR count). The summed E-state index contributed by atoms with van der Waals surface area (Å²) in [4.78, 5) is 0. The van der Waals surface area contributed by atoms with Gasteiger partial charge in [0.15, 0.2) is 0 Å². The number of rotatable bonds is 5. The van der Waals surface area contributed by atoms with Gasteiger partial charge in [0.1, 0.15) is 11.2 Å². The van der Waals surface area contributed by atoms with Crippen molar-refractivity contribution in [3.05, 3.63) is 204 Å². The van der Waals surface area contributed by atoms with E-state index in [1.54, 1.807) is 0 Å². The summed E-state index contributed by atoms with van der Waals surface area (Å²) < 4.78 is 6.38. The number of para-hydroxylation sites is 1. The second-order valence-corrected chi connectivity index (χ2v) is 17.5. The summed E-state index contributed by atoms with van der Waals surface area (Å²) in [6.07, 6.45) is 3.34. The predicted octanol–water partition coefficient (Wildman–Crippen LogP) is 17.0. The van der Waals surface area contributed by atoms with Crippen molar-refractivity contribution in [1.82, 2.24) is 0 Å². The van der Waals surface area contributed by atoms with E-state index in [4.69, 9.17) is 4.42 Å². The normalized spacial score (nSPS) is 13.5. The third kappa shape index (κ3) is 5.26. The Bertz CT molecular complexity index is 3600. The molecule has 0 amide bonds. The minimum absolute atomic E-state index is 0.151. The SMILES string of the molecule is CCc1cc(-c2c3ccccc3c(-c3cccc4ccccc34)c3ccccc23)ccc1/C=C(\C)c1ccc2c(c1)C(C)(C)c1ccc3ccc4oc5ccccc5c4c3c1-2. The van der Waals surface area contributed by atoms with Crippen LogP contribution in [0.3, 0.4) is 0 Å². The van der Waals surface area contributed by atoms with E-state index in [-0.39, 0.29) is 5.41 Å². The van der Waals surface area contributed by atoms with Gasteiger partial charge in [-0.2, -0.15) is 0 Å². The lowest BCUT2D eigenvalue weighted by atomic mass is 9.81. The van der Waals surface area contributed by atoms with Crippen LogP contribution in [0.15, 0.2) is 180 Å². The number of furan rings is 1. The van der Waals surface area contributed by atoms with Gasteiger partial charge in [0, 0.05) is 21.6 Å². The number of hydrogen-bond donors (Lipinski definition) is 0. The third-order valence-electron chi connectivity index (χ3n) is 13.8. The fourth-order valence-electron chi connectivity index (χ4n) is 10.8. The highest BCUT2D eigenvalue weighted by atomic mass is 16.3. The molecule has 0 radical (unpaired) electrons. The Balaban J connectivity index is 0.975. The maximum Gasteiger partial charge on any atom is 0.136 e. The topological polar surface area (TPSA) is 13.1 Å². The highest BCUT2D eigenvalue weighted by Crippen LogP contribution is 2.54. The molecule has 1 aliphatic carbocycles. The third-order valence-corrected chi connectivity index (χ3v) is 13.8. The molecule has 1 aliphatic rings. The summed E-state index contributed by atoms with van der Waals surface area (Å²) in [6, 6.07) is 65.2. The van der Waals surface area contributed by atoms with E-state index >= 15 is 0 Å². The van der Waals surface area contributed by atoms with Gasteiger partial charge in [0.25, 0.3) is 0 Å². The minimum Gasteiger partial charge on any atom is -0.456 e. The van der Waals surface area contributed by atoms with Crippen LogP contribution in [0, 0.1) is 0 Å². The second kappa shape index (κ2) is 13.4. The van der Waals surface area contributed by atoms with Crippen molar-refractivity contribution < 1.29 is 4.42 Å². The van der Waals surface area contributed by atoms with Crippen molar-refractivity contribution in [2.24, 2.45) is 0 Å². The molecule has 61 heavy (non-hydrogen) atoms. The Morgan fingerprint density at radius 2 is 1.15 bits per heavy atom. The quantitative estimate of drug-likeness (QED) is 0.125. The standard InChI is InChI=1S/C60H44O/c1-5-37-34-42(55-45-18-8-10-20-47(45)57(48-21-11-9-19-46(48)55)44-23-14-16-38-15-6-7-17-43(38)44)26-25-41(37)33-36(2)40-27-30-49-52(35-40)60(3,4)51-31-28-39-29-32-54-59(56(39)58(49)51)50-22-12-13-24-53(50)61-54/h6-35H,5H2,1-4H3/b36-33+. The Labute approximate surface area is 356 Å². The van der Waals surface area contributed by atoms with E-state index in [1.807, 2.05) is 0 Å². The Kier molecular flexibility index (Phi) is 7.84. The highest BCUT2D eigenvalue weighted by Gasteiger charge is 2.37. The van der Waals surface area contributed by atoms with Crippen molar-refractivity contribution in [1.29, 1.82) is 0 Å². The lowest BCUT2D eigenvalue weighted by molar-refractivity contribution is 0.660. The monoisotopic (exact) mass is 780 g/mol. The molecule has 0 aliphatic heterocycles. The molecule has 290 valence electrons. The van der Waals surface area contributed by atoms with E-state index in [0.29, 0.717) is 0 Å². The van der Waals surface area contributed by atoms with E-state index in [1.165, 1.54) is 121 Å². The van der Waals surface area contributed by atoms with Crippen LogP contribution < -0.4 is 0 Å². The molecule has 10 aromatic carbocycles. The van der Waals surface area contributed by atoms with Crippen LogP contribution in [0.2, 0.25) is 0 Å². The van der Waals surface area contributed by atoms with Crippen LogP contribution in [-0.4, -0.2) is 0 Å². The molecule has 1 heteroatoms. The maximum absolute atomic E-state index is 6.38. The van der Waals surface area contributed by atoms with Gasteiger partial charge >= 0.3 is 0 Å². The molecule has 1 nitrogen and oxygen atoms in total. The zero-order chi connectivity index (χ0) is 41.0. The molecule has 1 aromatic heterocycles. The van der Waals surface area contributed by atoms with Gasteiger partial charge in [-0.1, -0.05) is 185 Å². The first-order valence-corrected chi connectivity index (χ1v) is 21.6. The molecule has 0 bridgehead atoms. The van der Waals surface area contributed by atoms with E-state index in [2.05, 4.69) is 210 Å². The summed E-state index contributed by atoms with van der Waals surface area (Å²) >= 11 is 0. The minimum atomic E-state index is -0.151. The maximum atomic E-state index is 6.38. The van der Waals surface area contributed by atoms with Crippen molar-refractivity contribution in [2.45, 2.75) is 39.5 Å². The molecule has 1 heterocycles. The second-order valence-electron chi connectivity index (χ2n) is 17.5. The highest BCUT2D eigenvalue weighted by molar-refractivity contribution is 6.25. The van der Waals surface area contributed by atoms with Crippen LogP contribution in [0.5, 0.6) is 0 Å². The van der Waals surface area contributed by atoms with Gasteiger partial charge in [0.2, 0.25) is 0 Å². The first-order chi connectivity index (χ1) is 29.9. The molecule has 0 fully saturated rings. The van der Waals surface area contributed by atoms with E-state index in [9.17, 15) is 0 Å². The number of aryl methyl sites for hydroxylation is 1. The van der Waals surface area contributed by atoms with Crippen LogP contribution in [0.4, 0.5) is 0 Å². The summed E-state index contributed by atoms with van der Waals surface area (Å²) in [5.41, 5.74) is 17.4. The molecule has 0 saturated carbocycles. The predicted molar refractivity (Wildman–Crippen MR) is 262 cm³/mol. The average molecular weight is 781 g/mol. The van der Waals surface area contributed by atoms with Gasteiger partial charge in [-0.3, -0.25) is 0 Å². The lowest BCUT2D eigenvalue weighted by Crippen LogP contribution is -2.15. The first kappa shape index (κ1) is 35.7. The van der Waals surface area contributed by atoms with Crippen molar-refractivity contribution in [2.75, 3.05) is 0 Å². The largest absolute Gasteiger partial charge is 0.456 e. The molecule has 0 spiro atoms. The number of allylic oxidation sites excluding steroid dienone is 1. The molecule has 0 unspecified atom stereocenters. The molecular weight excluding hydrogens is 737 g/mol. The summed E-state index contributed by atoms with van der Waals surface area (Å²) in [7, 11) is 0. The first-order valence-electron chi connectivity index (χ1n) is 21.6. The lowest BCUT2D eigenvalue weighted by Gasteiger charge is -2.22. The van der Waals surface area contributed by atoms with Crippen LogP contribution in [0.25, 0.3) is 110 Å². The van der Waals surface area contributed by atoms with Gasteiger partial charge in [-0.15, -0.1) is 0 Å². The number of benzene rings is 10. The number of hydrogen-bond acceptors (Lipinski definition) is 1. The van der Waals surface area contributed by atoms with Crippen LogP contribution in [-0.2, 0) is 11.8 Å². The van der Waals surface area contributed by atoms with Crippen LogP contribution in [0.1, 0.15) is 55.5 Å². The number of fused-ring (bicyclic) bond motifs is 12. The average Bonchev–Trinajstić information content (AvgIpc) is 3.79. The molecular formula is C60H44O. The van der Waals surface area contributed by atoms with Gasteiger partial charge in [0.05, 0.1) is 0 Å². The van der Waals surface area contributed by atoms with Crippen molar-refractivity contribution >= 4 is 76.7 Å². The Morgan fingerprint density at radius 3 is 1.90 bits per heavy atom. The summed E-state index contributed by atoms with van der Waals surface area (Å²) in [5, 5.41) is 12.6. The fourth-order valence-corrected chi connectivity index (χ4v) is 10.8. The zero-order valence-corrected chi connectivity index (χ0v) is 34.9. The van der Waals surface area contributed by atoms with E-state index in [0.717, 1.165) is 17.6 Å². The zero-order valence-electron chi connectivity index (χ0n) is 34.9. The smallest absolute Gasteiger partial charge is 0.136 e. The molecule has 11 aromatic rings.